The number of nitrogens with one attached hydrogen (secondary N) is 1. The van der Waals surface area contributed by atoms with E-state index >= 15 is 0 Å². The third-order valence-electron chi connectivity index (χ3n) is 4.67. The largest absolute Gasteiger partial charge is 0.313 e. The molecule has 1 saturated carbocycles. The Labute approximate surface area is 130 Å². The van der Waals surface area contributed by atoms with Crippen LogP contribution < -0.4 is 5.32 Å². The molecule has 0 aromatic carbocycles. The minimum absolute atomic E-state index is 0.641. The van der Waals surface area contributed by atoms with Gasteiger partial charge in [0.1, 0.15) is 0 Å². The van der Waals surface area contributed by atoms with Crippen molar-refractivity contribution in [2.45, 2.75) is 59.0 Å². The zero-order valence-corrected chi connectivity index (χ0v) is 13.9. The maximum absolute atomic E-state index is 4.65. The maximum Gasteiger partial charge on any atom is 0.0547 e. The van der Waals surface area contributed by atoms with E-state index in [1.807, 2.05) is 0 Å². The van der Waals surface area contributed by atoms with Crippen LogP contribution in [0.1, 0.15) is 50.9 Å². The van der Waals surface area contributed by atoms with Gasteiger partial charge in [0.2, 0.25) is 0 Å². The summed E-state index contributed by atoms with van der Waals surface area (Å²) >= 11 is 0. The van der Waals surface area contributed by atoms with Crippen LogP contribution in [0.25, 0.3) is 0 Å². The highest BCUT2D eigenvalue weighted by Crippen LogP contribution is 2.28. The summed E-state index contributed by atoms with van der Waals surface area (Å²) in [5.74, 6) is 0.865. The Morgan fingerprint density at radius 1 is 1.29 bits per heavy atom. The third-order valence-corrected chi connectivity index (χ3v) is 4.67. The molecule has 0 radical (unpaired) electrons. The van der Waals surface area contributed by atoms with Crippen molar-refractivity contribution >= 4 is 0 Å². The first-order valence-electron chi connectivity index (χ1n) is 8.61. The summed E-state index contributed by atoms with van der Waals surface area (Å²) in [5.41, 5.74) is 2.31. The quantitative estimate of drug-likeness (QED) is 0.795. The molecule has 1 aromatic rings. The van der Waals surface area contributed by atoms with Gasteiger partial charge in [-0.1, -0.05) is 32.8 Å². The van der Waals surface area contributed by atoms with E-state index in [9.17, 15) is 0 Å². The number of pyridine rings is 1. The van der Waals surface area contributed by atoms with Gasteiger partial charge >= 0.3 is 0 Å². The van der Waals surface area contributed by atoms with Crippen LogP contribution in [0.15, 0.2) is 18.2 Å². The molecule has 2 rings (SSSR count). The molecule has 1 fully saturated rings. The van der Waals surface area contributed by atoms with Gasteiger partial charge in [-0.3, -0.25) is 9.88 Å². The average Bonchev–Trinajstić information content (AvgIpc) is 3.00. The Hall–Kier alpha value is -0.930. The number of rotatable bonds is 8. The molecular formula is C18H31N3. The first-order valence-corrected chi connectivity index (χ1v) is 8.61. The molecule has 1 N–H and O–H groups in total. The van der Waals surface area contributed by atoms with E-state index in [0.717, 1.165) is 37.8 Å². The van der Waals surface area contributed by atoms with Crippen LogP contribution in [-0.4, -0.2) is 35.6 Å². The summed E-state index contributed by atoms with van der Waals surface area (Å²) in [7, 11) is 0. The van der Waals surface area contributed by atoms with E-state index in [2.05, 4.69) is 54.2 Å². The fourth-order valence-corrected chi connectivity index (χ4v) is 3.50. The summed E-state index contributed by atoms with van der Waals surface area (Å²) in [6.45, 7) is 10.8. The van der Waals surface area contributed by atoms with Crippen LogP contribution in [0.2, 0.25) is 0 Å². The minimum Gasteiger partial charge on any atom is -0.313 e. The summed E-state index contributed by atoms with van der Waals surface area (Å²) in [5, 5.41) is 3.72. The topological polar surface area (TPSA) is 28.2 Å². The van der Waals surface area contributed by atoms with Crippen LogP contribution in [-0.2, 0) is 6.54 Å². The van der Waals surface area contributed by atoms with Gasteiger partial charge < -0.3 is 5.32 Å². The van der Waals surface area contributed by atoms with Crippen molar-refractivity contribution in [2.75, 3.05) is 19.6 Å². The summed E-state index contributed by atoms with van der Waals surface area (Å²) in [6.07, 6.45) is 5.63. The second-order valence-corrected chi connectivity index (χ2v) is 6.31. The van der Waals surface area contributed by atoms with E-state index in [1.165, 1.54) is 31.4 Å². The predicted molar refractivity (Wildman–Crippen MR) is 89.3 cm³/mol. The number of aromatic nitrogens is 1. The Balaban J connectivity index is 1.95. The van der Waals surface area contributed by atoms with Crippen LogP contribution in [0.3, 0.4) is 0 Å². The van der Waals surface area contributed by atoms with E-state index in [1.54, 1.807) is 0 Å². The molecular weight excluding hydrogens is 258 g/mol. The molecule has 0 bridgehead atoms. The van der Waals surface area contributed by atoms with Gasteiger partial charge in [-0.2, -0.15) is 0 Å². The van der Waals surface area contributed by atoms with Gasteiger partial charge in [0.25, 0.3) is 0 Å². The van der Waals surface area contributed by atoms with Gasteiger partial charge in [0, 0.05) is 24.8 Å². The molecule has 3 heteroatoms. The zero-order valence-electron chi connectivity index (χ0n) is 13.9. The molecule has 0 spiro atoms. The monoisotopic (exact) mass is 289 g/mol. The molecule has 1 aliphatic carbocycles. The molecule has 1 unspecified atom stereocenters. The molecule has 3 nitrogen and oxygen atoms in total. The van der Waals surface area contributed by atoms with E-state index < -0.39 is 0 Å². The van der Waals surface area contributed by atoms with E-state index in [4.69, 9.17) is 0 Å². The molecule has 0 saturated heterocycles. The van der Waals surface area contributed by atoms with Gasteiger partial charge in [-0.25, -0.2) is 0 Å². The van der Waals surface area contributed by atoms with Crippen LogP contribution >= 0.6 is 0 Å². The average molecular weight is 289 g/mol. The fraction of sp³-hybridized carbons (Fsp3) is 0.722. The Bertz CT molecular complexity index is 413. The normalized spacial score (nSPS) is 17.5. The second-order valence-electron chi connectivity index (χ2n) is 6.31. The molecule has 0 amide bonds. The van der Waals surface area contributed by atoms with Crippen LogP contribution in [0, 0.1) is 12.8 Å². The van der Waals surface area contributed by atoms with Crippen molar-refractivity contribution < 1.29 is 0 Å². The standard InChI is InChI=1S/C18H31N3/c1-4-19-18(16-10-6-7-11-16)14-21(5-2)13-17-12-8-9-15(3)20-17/h8-9,12,16,18-19H,4-7,10-11,13-14H2,1-3H3. The van der Waals surface area contributed by atoms with Crippen molar-refractivity contribution in [3.63, 3.8) is 0 Å². The van der Waals surface area contributed by atoms with Gasteiger partial charge in [0.15, 0.2) is 0 Å². The number of aryl methyl sites for hydroxylation is 1. The highest BCUT2D eigenvalue weighted by Gasteiger charge is 2.25. The molecule has 21 heavy (non-hydrogen) atoms. The minimum atomic E-state index is 0.641. The highest BCUT2D eigenvalue weighted by atomic mass is 15.2. The number of likely N-dealkylation sites (N-methyl/N-ethyl adjacent to an activating group) is 2. The summed E-state index contributed by atoms with van der Waals surface area (Å²) in [4.78, 5) is 7.18. The van der Waals surface area contributed by atoms with Crippen molar-refractivity contribution in [1.29, 1.82) is 0 Å². The number of nitrogens with zero attached hydrogens (tertiary/aromatic N) is 2. The van der Waals surface area contributed by atoms with Crippen molar-refractivity contribution in [3.05, 3.63) is 29.6 Å². The predicted octanol–water partition coefficient (Wildman–Crippen LogP) is 3.38. The molecule has 1 aromatic heterocycles. The number of hydrogen-bond acceptors (Lipinski definition) is 3. The smallest absolute Gasteiger partial charge is 0.0547 e. The van der Waals surface area contributed by atoms with Crippen molar-refractivity contribution in [2.24, 2.45) is 5.92 Å². The Kier molecular flexibility index (Phi) is 6.65. The lowest BCUT2D eigenvalue weighted by Crippen LogP contribution is -2.44. The SMILES string of the molecule is CCNC(CN(CC)Cc1cccc(C)n1)C1CCCC1. The maximum atomic E-state index is 4.65. The third kappa shape index (κ3) is 5.08. The molecule has 1 heterocycles. The van der Waals surface area contributed by atoms with Crippen molar-refractivity contribution in [1.82, 2.24) is 15.2 Å². The Morgan fingerprint density at radius 2 is 2.05 bits per heavy atom. The van der Waals surface area contributed by atoms with Crippen LogP contribution in [0.4, 0.5) is 0 Å². The number of hydrogen-bond donors (Lipinski definition) is 1. The summed E-state index contributed by atoms with van der Waals surface area (Å²) in [6, 6.07) is 6.97. The molecule has 1 atom stereocenters. The summed E-state index contributed by atoms with van der Waals surface area (Å²) < 4.78 is 0. The fourth-order valence-electron chi connectivity index (χ4n) is 3.50. The first kappa shape index (κ1) is 16.4. The molecule has 118 valence electrons. The second kappa shape index (κ2) is 8.50. The van der Waals surface area contributed by atoms with Gasteiger partial charge in [0.05, 0.1) is 5.69 Å². The Morgan fingerprint density at radius 3 is 2.67 bits per heavy atom. The van der Waals surface area contributed by atoms with E-state index in [0.29, 0.717) is 6.04 Å². The van der Waals surface area contributed by atoms with Gasteiger partial charge in [-0.05, 0) is 50.9 Å². The lowest BCUT2D eigenvalue weighted by molar-refractivity contribution is 0.209. The first-order chi connectivity index (χ1) is 10.2. The highest BCUT2D eigenvalue weighted by molar-refractivity contribution is 5.09. The zero-order chi connectivity index (χ0) is 15.1. The van der Waals surface area contributed by atoms with Crippen molar-refractivity contribution in [3.8, 4) is 0 Å². The molecule has 1 aliphatic rings. The van der Waals surface area contributed by atoms with Crippen LogP contribution in [0.5, 0.6) is 0 Å². The van der Waals surface area contributed by atoms with Gasteiger partial charge in [-0.15, -0.1) is 0 Å². The van der Waals surface area contributed by atoms with E-state index in [-0.39, 0.29) is 0 Å². The lowest BCUT2D eigenvalue weighted by Gasteiger charge is -2.30. The molecule has 0 aliphatic heterocycles. The lowest BCUT2D eigenvalue weighted by atomic mass is 9.97.